The highest BCUT2D eigenvalue weighted by Crippen LogP contribution is 2.29. The van der Waals surface area contributed by atoms with Gasteiger partial charge in [0, 0.05) is 10.2 Å². The average molecular weight is 301 g/mol. The molecular weight excluding hydrogens is 293 g/mol. The van der Waals surface area contributed by atoms with Crippen LogP contribution in [0.3, 0.4) is 0 Å². The fourth-order valence-corrected chi connectivity index (χ4v) is 1.51. The van der Waals surface area contributed by atoms with Crippen molar-refractivity contribution in [2.75, 3.05) is 12.4 Å². The molecule has 15 heavy (non-hydrogen) atoms. The van der Waals surface area contributed by atoms with Crippen LogP contribution in [-0.2, 0) is 0 Å². The lowest BCUT2D eigenvalue weighted by molar-refractivity contribution is -0.0329. The molecule has 0 saturated carbocycles. The van der Waals surface area contributed by atoms with Crippen molar-refractivity contribution in [1.29, 1.82) is 0 Å². The Morgan fingerprint density at radius 2 is 1.80 bits per heavy atom. The molecule has 0 aliphatic heterocycles. The zero-order valence-corrected chi connectivity index (χ0v) is 9.95. The Labute approximate surface area is 98.1 Å². The van der Waals surface area contributed by atoms with Gasteiger partial charge in [0.15, 0.2) is 0 Å². The molecule has 1 aromatic carbocycles. The van der Waals surface area contributed by atoms with Crippen LogP contribution in [0.4, 0.5) is 13.2 Å². The van der Waals surface area contributed by atoms with Crippen molar-refractivity contribution in [1.82, 2.24) is 0 Å². The molecule has 0 bridgehead atoms. The molecule has 1 nitrogen and oxygen atoms in total. The Balaban J connectivity index is 2.23. The number of rotatable bonds is 4. The molecule has 1 aromatic rings. The summed E-state index contributed by atoms with van der Waals surface area (Å²) in [4.78, 5) is 0. The Morgan fingerprint density at radius 3 is 2.33 bits per heavy atom. The Bertz CT molecular complexity index is 299. The van der Waals surface area contributed by atoms with Gasteiger partial charge >= 0.3 is 5.51 Å². The lowest BCUT2D eigenvalue weighted by Gasteiger charge is -2.07. The molecule has 6 heteroatoms. The highest BCUT2D eigenvalue weighted by Gasteiger charge is 2.27. The number of hydrogen-bond donors (Lipinski definition) is 0. The van der Waals surface area contributed by atoms with Crippen molar-refractivity contribution >= 4 is 27.7 Å². The first-order chi connectivity index (χ1) is 6.97. The van der Waals surface area contributed by atoms with Crippen LogP contribution in [0.1, 0.15) is 0 Å². The molecule has 0 heterocycles. The van der Waals surface area contributed by atoms with Crippen LogP contribution in [0, 0.1) is 0 Å². The topological polar surface area (TPSA) is 9.23 Å². The molecule has 0 unspecified atom stereocenters. The first kappa shape index (κ1) is 12.7. The van der Waals surface area contributed by atoms with Crippen LogP contribution in [0.25, 0.3) is 0 Å². The van der Waals surface area contributed by atoms with Gasteiger partial charge in [0.25, 0.3) is 0 Å². The van der Waals surface area contributed by atoms with Crippen molar-refractivity contribution < 1.29 is 17.9 Å². The van der Waals surface area contributed by atoms with E-state index in [1.54, 1.807) is 24.3 Å². The van der Waals surface area contributed by atoms with Crippen molar-refractivity contribution in [2.45, 2.75) is 5.51 Å². The van der Waals surface area contributed by atoms with Crippen LogP contribution in [-0.4, -0.2) is 17.9 Å². The number of ether oxygens (including phenoxy) is 1. The largest absolute Gasteiger partial charge is 0.493 e. The van der Waals surface area contributed by atoms with Gasteiger partial charge in [0.05, 0.1) is 6.61 Å². The maximum Gasteiger partial charge on any atom is 0.441 e. The van der Waals surface area contributed by atoms with Gasteiger partial charge in [-0.05, 0) is 36.0 Å². The minimum Gasteiger partial charge on any atom is -0.493 e. The van der Waals surface area contributed by atoms with Crippen LogP contribution in [0.2, 0.25) is 0 Å². The van der Waals surface area contributed by atoms with Gasteiger partial charge in [-0.2, -0.15) is 13.2 Å². The predicted octanol–water partition coefficient (Wildman–Crippen LogP) is 4.08. The van der Waals surface area contributed by atoms with E-state index in [1.807, 2.05) is 0 Å². The molecule has 0 spiro atoms. The van der Waals surface area contributed by atoms with E-state index in [9.17, 15) is 13.2 Å². The van der Waals surface area contributed by atoms with E-state index in [2.05, 4.69) is 15.9 Å². The standard InChI is InChI=1S/C9H8BrF3OS/c10-7-1-3-8(4-2-7)14-5-6-15-9(11,12)13/h1-4H,5-6H2. The van der Waals surface area contributed by atoms with Crippen LogP contribution >= 0.6 is 27.7 Å². The van der Waals surface area contributed by atoms with E-state index >= 15 is 0 Å². The van der Waals surface area contributed by atoms with Crippen molar-refractivity contribution in [3.8, 4) is 5.75 Å². The van der Waals surface area contributed by atoms with Gasteiger partial charge in [-0.3, -0.25) is 0 Å². The van der Waals surface area contributed by atoms with Gasteiger partial charge < -0.3 is 4.74 Å². The number of benzene rings is 1. The maximum atomic E-state index is 11.7. The number of alkyl halides is 3. The molecule has 0 aliphatic rings. The molecule has 1 rings (SSSR count). The third-order valence-corrected chi connectivity index (χ3v) is 2.66. The van der Waals surface area contributed by atoms with E-state index in [4.69, 9.17) is 4.74 Å². The van der Waals surface area contributed by atoms with E-state index in [1.165, 1.54) is 0 Å². The summed E-state index contributed by atoms with van der Waals surface area (Å²) in [5.74, 6) is 0.473. The van der Waals surface area contributed by atoms with E-state index in [-0.39, 0.29) is 24.1 Å². The highest BCUT2D eigenvalue weighted by atomic mass is 79.9. The Hall–Kier alpha value is -0.360. The minimum atomic E-state index is -4.18. The number of thioether (sulfide) groups is 1. The average Bonchev–Trinajstić information content (AvgIpc) is 2.14. The fourth-order valence-electron chi connectivity index (χ4n) is 0.848. The molecule has 84 valence electrons. The normalized spacial score (nSPS) is 11.5. The summed E-state index contributed by atoms with van der Waals surface area (Å²) in [7, 11) is 0. The van der Waals surface area contributed by atoms with Gasteiger partial charge in [-0.1, -0.05) is 15.9 Å². The summed E-state index contributed by atoms with van der Waals surface area (Å²) >= 11 is 3.17. The third kappa shape index (κ3) is 5.94. The summed E-state index contributed by atoms with van der Waals surface area (Å²) in [6.45, 7) is 0.0474. The van der Waals surface area contributed by atoms with E-state index < -0.39 is 5.51 Å². The Kier molecular flexibility index (Phi) is 4.79. The van der Waals surface area contributed by atoms with Crippen LogP contribution in [0.5, 0.6) is 5.75 Å². The number of halogens is 4. The minimum absolute atomic E-state index is 0.0474. The number of hydrogen-bond acceptors (Lipinski definition) is 2. The molecule has 0 radical (unpaired) electrons. The zero-order valence-electron chi connectivity index (χ0n) is 7.55. The molecule has 0 aliphatic carbocycles. The van der Waals surface area contributed by atoms with E-state index in [0.29, 0.717) is 5.75 Å². The monoisotopic (exact) mass is 300 g/mol. The molecule has 0 N–H and O–H groups in total. The smallest absolute Gasteiger partial charge is 0.441 e. The molecular formula is C9H8BrF3OS. The molecule has 0 saturated heterocycles. The van der Waals surface area contributed by atoms with Gasteiger partial charge in [0.2, 0.25) is 0 Å². The summed E-state index contributed by atoms with van der Waals surface area (Å²) in [6.07, 6.45) is 0. The second-order valence-corrected chi connectivity index (χ2v) is 4.67. The lowest BCUT2D eigenvalue weighted by atomic mass is 10.3. The summed E-state index contributed by atoms with van der Waals surface area (Å²) in [5.41, 5.74) is -4.18. The summed E-state index contributed by atoms with van der Waals surface area (Å²) < 4.78 is 41.2. The van der Waals surface area contributed by atoms with Crippen molar-refractivity contribution in [3.63, 3.8) is 0 Å². The van der Waals surface area contributed by atoms with Crippen LogP contribution < -0.4 is 4.74 Å². The first-order valence-corrected chi connectivity index (χ1v) is 5.84. The molecule has 0 atom stereocenters. The maximum absolute atomic E-state index is 11.7. The van der Waals surface area contributed by atoms with Gasteiger partial charge in [0.1, 0.15) is 5.75 Å². The fraction of sp³-hybridized carbons (Fsp3) is 0.333. The first-order valence-electron chi connectivity index (χ1n) is 4.06. The second-order valence-electron chi connectivity index (χ2n) is 2.60. The van der Waals surface area contributed by atoms with Crippen molar-refractivity contribution in [2.24, 2.45) is 0 Å². The third-order valence-electron chi connectivity index (χ3n) is 1.43. The Morgan fingerprint density at radius 1 is 1.20 bits per heavy atom. The second kappa shape index (κ2) is 5.65. The van der Waals surface area contributed by atoms with Gasteiger partial charge in [-0.15, -0.1) is 0 Å². The SMILES string of the molecule is FC(F)(F)SCCOc1ccc(Br)cc1. The lowest BCUT2D eigenvalue weighted by Crippen LogP contribution is -2.07. The molecule has 0 amide bonds. The van der Waals surface area contributed by atoms with Crippen molar-refractivity contribution in [3.05, 3.63) is 28.7 Å². The summed E-state index contributed by atoms with van der Waals surface area (Å²) in [6, 6.07) is 6.93. The van der Waals surface area contributed by atoms with Gasteiger partial charge in [-0.25, -0.2) is 0 Å². The quantitative estimate of drug-likeness (QED) is 0.775. The predicted molar refractivity (Wildman–Crippen MR) is 58.2 cm³/mol. The summed E-state index contributed by atoms with van der Waals surface area (Å²) in [5, 5.41) is 0. The van der Waals surface area contributed by atoms with E-state index in [0.717, 1.165) is 4.47 Å². The zero-order chi connectivity index (χ0) is 11.3. The molecule has 0 fully saturated rings. The highest BCUT2D eigenvalue weighted by molar-refractivity contribution is 9.10. The molecule has 0 aromatic heterocycles. The van der Waals surface area contributed by atoms with Crippen LogP contribution in [0.15, 0.2) is 28.7 Å².